The lowest BCUT2D eigenvalue weighted by Gasteiger charge is -2.31. The Morgan fingerprint density at radius 1 is 0.500 bits per heavy atom. The molecule has 0 fully saturated rings. The zero-order valence-electron chi connectivity index (χ0n) is 13.3. The first-order valence-corrected chi connectivity index (χ1v) is 7.15. The minimum Gasteiger partial charge on any atom is -0.223 e. The summed E-state index contributed by atoms with van der Waals surface area (Å²) < 4.78 is 194. The van der Waals surface area contributed by atoms with Crippen molar-refractivity contribution in [1.29, 1.82) is 0 Å². The molecule has 1 aliphatic rings. The second-order valence-electron chi connectivity index (χ2n) is 5.81. The molecule has 0 heterocycles. The number of hydrogen-bond donors (Lipinski definition) is 0. The highest BCUT2D eigenvalue weighted by Gasteiger charge is 2.69. The Morgan fingerprint density at radius 3 is 1.33 bits per heavy atom. The summed E-state index contributed by atoms with van der Waals surface area (Å²) in [5, 5.41) is 0. The fourth-order valence-corrected chi connectivity index (χ4v) is 2.88. The van der Waals surface area contributed by atoms with Crippen LogP contribution < -0.4 is 0 Å². The van der Waals surface area contributed by atoms with E-state index in [-0.39, 0.29) is 0 Å². The van der Waals surface area contributed by atoms with E-state index in [0.29, 0.717) is 0 Å². The molecule has 0 bridgehead atoms. The van der Waals surface area contributed by atoms with Crippen molar-refractivity contribution in [2.45, 2.75) is 11.6 Å². The molecule has 0 N–H and O–H groups in total. The zero-order chi connectivity index (χ0) is 23.1. The Hall–Kier alpha value is -2.80. The minimum atomic E-state index is -6.40. The van der Waals surface area contributed by atoms with Gasteiger partial charge in [-0.15, -0.1) is 0 Å². The van der Waals surface area contributed by atoms with E-state index in [0.717, 1.165) is 0 Å². The largest absolute Gasteiger partial charge is 0.323 e. The lowest BCUT2D eigenvalue weighted by Crippen LogP contribution is -2.42. The van der Waals surface area contributed by atoms with Crippen LogP contribution in [0.15, 0.2) is 5.83 Å². The number of benzene rings is 2. The normalized spacial score (nSPS) is 19.0. The van der Waals surface area contributed by atoms with Crippen LogP contribution in [0.5, 0.6) is 0 Å². The smallest absolute Gasteiger partial charge is 0.223 e. The Labute approximate surface area is 155 Å². The maximum Gasteiger partial charge on any atom is 0.323 e. The summed E-state index contributed by atoms with van der Waals surface area (Å²) in [6.07, 6.45) is 0. The van der Waals surface area contributed by atoms with Crippen LogP contribution in [0.2, 0.25) is 0 Å². The van der Waals surface area contributed by atoms with E-state index in [9.17, 15) is 57.1 Å². The molecule has 0 saturated heterocycles. The highest BCUT2D eigenvalue weighted by molar-refractivity contribution is 5.75. The summed E-state index contributed by atoms with van der Waals surface area (Å²) in [5.41, 5.74) is -14.7. The summed E-state index contributed by atoms with van der Waals surface area (Å²) in [7, 11) is 0. The van der Waals surface area contributed by atoms with Crippen LogP contribution in [-0.2, 0) is 11.6 Å². The maximum absolute atomic E-state index is 15.1. The first-order valence-electron chi connectivity index (χ1n) is 7.15. The van der Waals surface area contributed by atoms with Gasteiger partial charge in [0.1, 0.15) is 5.56 Å². The average Bonchev–Trinajstić information content (AvgIpc) is 2.90. The van der Waals surface area contributed by atoms with E-state index in [2.05, 4.69) is 0 Å². The highest BCUT2D eigenvalue weighted by Crippen LogP contribution is 2.62. The van der Waals surface area contributed by atoms with Crippen molar-refractivity contribution in [2.24, 2.45) is 0 Å². The third kappa shape index (κ3) is 2.29. The Morgan fingerprint density at radius 2 is 0.867 bits per heavy atom. The van der Waals surface area contributed by atoms with E-state index < -0.39 is 92.3 Å². The molecule has 0 aliphatic heterocycles. The lowest BCUT2D eigenvalue weighted by atomic mass is 9.84. The van der Waals surface area contributed by atoms with Crippen molar-refractivity contribution in [3.05, 3.63) is 74.9 Å². The standard InChI is InChI=1S/C16F14/c17-4-1-2(6(19)10(23)9(4)22)15(28,14(27)5(1)18)16(29,30)3-7(20)11(24)13(26)12(25)8(3)21. The fraction of sp³-hybridized carbons (Fsp3) is 0.125. The van der Waals surface area contributed by atoms with Gasteiger partial charge in [0, 0.05) is 0 Å². The number of fused-ring (bicyclic) bond motifs is 1. The van der Waals surface area contributed by atoms with Gasteiger partial charge in [0.25, 0.3) is 5.67 Å². The predicted molar refractivity (Wildman–Crippen MR) is 68.3 cm³/mol. The second kappa shape index (κ2) is 6.35. The van der Waals surface area contributed by atoms with Gasteiger partial charge in [-0.2, -0.15) is 8.78 Å². The van der Waals surface area contributed by atoms with E-state index in [1.807, 2.05) is 0 Å². The molecule has 2 aromatic carbocycles. The molecular weight excluding hydrogens is 458 g/mol. The third-order valence-corrected chi connectivity index (χ3v) is 4.28. The van der Waals surface area contributed by atoms with Gasteiger partial charge in [0.05, 0.1) is 11.1 Å². The summed E-state index contributed by atoms with van der Waals surface area (Å²) in [6, 6.07) is 0. The third-order valence-electron chi connectivity index (χ3n) is 4.28. The molecule has 0 spiro atoms. The van der Waals surface area contributed by atoms with Crippen molar-refractivity contribution >= 4 is 5.83 Å². The molecule has 3 rings (SSSR count). The van der Waals surface area contributed by atoms with Gasteiger partial charge in [-0.25, -0.2) is 52.7 Å². The van der Waals surface area contributed by atoms with Crippen LogP contribution >= 0.6 is 0 Å². The van der Waals surface area contributed by atoms with Crippen LogP contribution in [-0.4, -0.2) is 0 Å². The fourth-order valence-electron chi connectivity index (χ4n) is 2.88. The average molecular weight is 458 g/mol. The molecule has 1 unspecified atom stereocenters. The van der Waals surface area contributed by atoms with Gasteiger partial charge in [-0.3, -0.25) is 0 Å². The summed E-state index contributed by atoms with van der Waals surface area (Å²) in [6.45, 7) is 0. The SMILES string of the molecule is FC1=C(F)C(F)(C(F)(F)c2c(F)c(F)c(F)c(F)c2F)c2c(F)c(F)c(F)c(F)c21. The quantitative estimate of drug-likeness (QED) is 0.273. The molecule has 1 aliphatic carbocycles. The van der Waals surface area contributed by atoms with E-state index in [4.69, 9.17) is 0 Å². The highest BCUT2D eigenvalue weighted by atomic mass is 19.3. The zero-order valence-corrected chi connectivity index (χ0v) is 13.3. The molecule has 1 atom stereocenters. The predicted octanol–water partition coefficient (Wildman–Crippen LogP) is 6.52. The Balaban J connectivity index is 2.50. The number of alkyl halides is 3. The number of rotatable bonds is 2. The molecule has 0 nitrogen and oxygen atoms in total. The van der Waals surface area contributed by atoms with Gasteiger partial charge in [-0.05, 0) is 0 Å². The molecule has 0 aromatic heterocycles. The minimum absolute atomic E-state index is 2.55. The van der Waals surface area contributed by atoms with Crippen LogP contribution in [0, 0.1) is 52.4 Å². The van der Waals surface area contributed by atoms with Gasteiger partial charge in [0.15, 0.2) is 58.2 Å². The Kier molecular flexibility index (Phi) is 4.63. The molecule has 162 valence electrons. The number of hydrogen-bond acceptors (Lipinski definition) is 0. The van der Waals surface area contributed by atoms with Crippen LogP contribution in [0.4, 0.5) is 61.5 Å². The molecule has 14 heteroatoms. The number of allylic oxidation sites excluding steroid dienone is 1. The Bertz CT molecular complexity index is 1120. The van der Waals surface area contributed by atoms with Crippen LogP contribution in [0.3, 0.4) is 0 Å². The van der Waals surface area contributed by atoms with Crippen molar-refractivity contribution < 1.29 is 61.5 Å². The van der Waals surface area contributed by atoms with Crippen LogP contribution in [0.1, 0.15) is 16.7 Å². The first-order chi connectivity index (χ1) is 13.6. The molecular formula is C16F14. The van der Waals surface area contributed by atoms with E-state index in [1.165, 1.54) is 0 Å². The van der Waals surface area contributed by atoms with Crippen molar-refractivity contribution in [2.75, 3.05) is 0 Å². The summed E-state index contributed by atoms with van der Waals surface area (Å²) in [4.78, 5) is 0. The molecule has 30 heavy (non-hydrogen) atoms. The van der Waals surface area contributed by atoms with Crippen molar-refractivity contribution in [3.63, 3.8) is 0 Å². The molecule has 0 amide bonds. The first kappa shape index (κ1) is 21.9. The topological polar surface area (TPSA) is 0 Å². The van der Waals surface area contributed by atoms with Crippen molar-refractivity contribution in [1.82, 2.24) is 0 Å². The van der Waals surface area contributed by atoms with Crippen molar-refractivity contribution in [3.8, 4) is 0 Å². The van der Waals surface area contributed by atoms with Gasteiger partial charge >= 0.3 is 5.92 Å². The summed E-state index contributed by atoms with van der Waals surface area (Å²) in [5.74, 6) is -41.0. The van der Waals surface area contributed by atoms with Gasteiger partial charge in [-0.1, -0.05) is 0 Å². The van der Waals surface area contributed by atoms with E-state index >= 15 is 4.39 Å². The number of halogens is 14. The molecule has 2 aromatic rings. The lowest BCUT2D eigenvalue weighted by molar-refractivity contribution is -0.144. The second-order valence-corrected chi connectivity index (χ2v) is 5.81. The van der Waals surface area contributed by atoms with Gasteiger partial charge < -0.3 is 0 Å². The molecule has 0 saturated carbocycles. The van der Waals surface area contributed by atoms with E-state index in [1.54, 1.807) is 0 Å². The molecule has 0 radical (unpaired) electrons. The monoisotopic (exact) mass is 458 g/mol. The summed E-state index contributed by atoms with van der Waals surface area (Å²) >= 11 is 0. The van der Waals surface area contributed by atoms with Crippen LogP contribution in [0.25, 0.3) is 5.83 Å². The van der Waals surface area contributed by atoms with Gasteiger partial charge in [0.2, 0.25) is 5.82 Å². The maximum atomic E-state index is 15.1.